The van der Waals surface area contributed by atoms with Crippen molar-refractivity contribution in [3.05, 3.63) is 0 Å². The first-order chi connectivity index (χ1) is 6.79. The Bertz CT molecular complexity index is 177. The Balaban J connectivity index is 1.71. The Labute approximate surface area is 87.8 Å². The Morgan fingerprint density at radius 1 is 1.07 bits per heavy atom. The summed E-state index contributed by atoms with van der Waals surface area (Å²) >= 11 is 0. The predicted octanol–water partition coefficient (Wildman–Crippen LogP) is 1.70. The summed E-state index contributed by atoms with van der Waals surface area (Å²) in [5.74, 6) is 2.73. The molecule has 0 spiro atoms. The van der Waals surface area contributed by atoms with E-state index in [0.717, 1.165) is 24.3 Å². The third kappa shape index (κ3) is 2.71. The summed E-state index contributed by atoms with van der Waals surface area (Å²) in [6.45, 7) is 3.52. The highest BCUT2D eigenvalue weighted by Crippen LogP contribution is 2.33. The SMILES string of the molecule is CN(CC1CC1)CC1CCCC1CN. The van der Waals surface area contributed by atoms with Crippen LogP contribution in [0.25, 0.3) is 0 Å². The molecule has 2 nitrogen and oxygen atoms in total. The fourth-order valence-corrected chi connectivity index (χ4v) is 2.88. The van der Waals surface area contributed by atoms with E-state index in [1.165, 1.54) is 45.2 Å². The number of hydrogen-bond acceptors (Lipinski definition) is 2. The molecule has 2 N–H and O–H groups in total. The molecule has 0 aromatic heterocycles. The Morgan fingerprint density at radius 2 is 1.79 bits per heavy atom. The maximum Gasteiger partial charge on any atom is 0.000985 e. The summed E-state index contributed by atoms with van der Waals surface area (Å²) in [4.78, 5) is 2.54. The molecule has 2 aliphatic carbocycles. The molecule has 0 saturated heterocycles. The van der Waals surface area contributed by atoms with Gasteiger partial charge in [0.25, 0.3) is 0 Å². The standard InChI is InChI=1S/C12H24N2/c1-14(8-10-5-6-10)9-12-4-2-3-11(12)7-13/h10-12H,2-9,13H2,1H3. The molecule has 0 aromatic carbocycles. The van der Waals surface area contributed by atoms with Crippen molar-refractivity contribution in [2.75, 3.05) is 26.7 Å². The molecular weight excluding hydrogens is 172 g/mol. The summed E-state index contributed by atoms with van der Waals surface area (Å²) in [6, 6.07) is 0. The quantitative estimate of drug-likeness (QED) is 0.725. The van der Waals surface area contributed by atoms with Crippen molar-refractivity contribution in [1.82, 2.24) is 4.90 Å². The number of nitrogens with zero attached hydrogens (tertiary/aromatic N) is 1. The highest BCUT2D eigenvalue weighted by Gasteiger charge is 2.29. The van der Waals surface area contributed by atoms with Gasteiger partial charge in [-0.1, -0.05) is 6.42 Å². The highest BCUT2D eigenvalue weighted by atomic mass is 15.1. The molecule has 0 bridgehead atoms. The van der Waals surface area contributed by atoms with Crippen molar-refractivity contribution in [2.45, 2.75) is 32.1 Å². The Hall–Kier alpha value is -0.0800. The lowest BCUT2D eigenvalue weighted by Gasteiger charge is -2.24. The topological polar surface area (TPSA) is 29.3 Å². The van der Waals surface area contributed by atoms with Crippen LogP contribution in [0, 0.1) is 17.8 Å². The molecule has 0 aromatic rings. The zero-order valence-corrected chi connectivity index (χ0v) is 9.41. The van der Waals surface area contributed by atoms with Crippen LogP contribution in [0.5, 0.6) is 0 Å². The second-order valence-corrected chi connectivity index (χ2v) is 5.35. The molecule has 0 aliphatic heterocycles. The summed E-state index contributed by atoms with van der Waals surface area (Å²) in [5.41, 5.74) is 5.80. The fraction of sp³-hybridized carbons (Fsp3) is 1.00. The molecule has 2 aliphatic rings. The van der Waals surface area contributed by atoms with E-state index >= 15 is 0 Å². The van der Waals surface area contributed by atoms with Crippen molar-refractivity contribution in [3.63, 3.8) is 0 Å². The molecule has 2 atom stereocenters. The normalized spacial score (nSPS) is 32.8. The van der Waals surface area contributed by atoms with Crippen molar-refractivity contribution in [3.8, 4) is 0 Å². The average molecular weight is 196 g/mol. The minimum absolute atomic E-state index is 0.816. The highest BCUT2D eigenvalue weighted by molar-refractivity contribution is 4.82. The van der Waals surface area contributed by atoms with Gasteiger partial charge in [0, 0.05) is 13.1 Å². The van der Waals surface area contributed by atoms with Crippen molar-refractivity contribution >= 4 is 0 Å². The van der Waals surface area contributed by atoms with Crippen LogP contribution in [0.4, 0.5) is 0 Å². The second kappa shape index (κ2) is 4.63. The Morgan fingerprint density at radius 3 is 2.43 bits per heavy atom. The van der Waals surface area contributed by atoms with Gasteiger partial charge >= 0.3 is 0 Å². The molecule has 2 heteroatoms. The predicted molar refractivity (Wildman–Crippen MR) is 60.1 cm³/mol. The molecule has 14 heavy (non-hydrogen) atoms. The van der Waals surface area contributed by atoms with Gasteiger partial charge in [-0.25, -0.2) is 0 Å². The minimum atomic E-state index is 0.816. The van der Waals surface area contributed by atoms with E-state index in [1.54, 1.807) is 0 Å². The van der Waals surface area contributed by atoms with Crippen molar-refractivity contribution in [2.24, 2.45) is 23.5 Å². The lowest BCUT2D eigenvalue weighted by molar-refractivity contribution is 0.236. The van der Waals surface area contributed by atoms with Gasteiger partial charge < -0.3 is 10.6 Å². The van der Waals surface area contributed by atoms with E-state index in [1.807, 2.05) is 0 Å². The van der Waals surface area contributed by atoms with E-state index < -0.39 is 0 Å². The minimum Gasteiger partial charge on any atom is -0.330 e. The van der Waals surface area contributed by atoms with Crippen LogP contribution in [0.2, 0.25) is 0 Å². The van der Waals surface area contributed by atoms with E-state index in [-0.39, 0.29) is 0 Å². The van der Waals surface area contributed by atoms with Crippen molar-refractivity contribution < 1.29 is 0 Å². The third-order valence-electron chi connectivity index (χ3n) is 3.93. The largest absolute Gasteiger partial charge is 0.330 e. The van der Waals surface area contributed by atoms with Crippen LogP contribution in [-0.4, -0.2) is 31.6 Å². The first-order valence-electron chi connectivity index (χ1n) is 6.18. The average Bonchev–Trinajstić information content (AvgIpc) is 2.84. The van der Waals surface area contributed by atoms with Crippen molar-refractivity contribution in [1.29, 1.82) is 0 Å². The zero-order chi connectivity index (χ0) is 9.97. The first kappa shape index (κ1) is 10.4. The van der Waals surface area contributed by atoms with Crippen LogP contribution < -0.4 is 5.73 Å². The lowest BCUT2D eigenvalue weighted by atomic mass is 9.96. The lowest BCUT2D eigenvalue weighted by Crippen LogP contribution is -2.31. The van der Waals surface area contributed by atoms with E-state index in [0.29, 0.717) is 0 Å². The number of hydrogen-bond donors (Lipinski definition) is 1. The summed E-state index contributed by atoms with van der Waals surface area (Å²) in [5, 5.41) is 0. The maximum atomic E-state index is 5.80. The van der Waals surface area contributed by atoms with Gasteiger partial charge in [-0.15, -0.1) is 0 Å². The fourth-order valence-electron chi connectivity index (χ4n) is 2.88. The van der Waals surface area contributed by atoms with Gasteiger partial charge in [0.15, 0.2) is 0 Å². The molecule has 0 heterocycles. The molecule has 0 radical (unpaired) electrons. The molecular formula is C12H24N2. The molecule has 2 saturated carbocycles. The van der Waals surface area contributed by atoms with Gasteiger partial charge in [0.05, 0.1) is 0 Å². The maximum absolute atomic E-state index is 5.80. The van der Waals surface area contributed by atoms with Gasteiger partial charge in [-0.05, 0) is 57.0 Å². The van der Waals surface area contributed by atoms with Crippen LogP contribution >= 0.6 is 0 Å². The summed E-state index contributed by atoms with van der Waals surface area (Å²) in [7, 11) is 2.28. The molecule has 0 amide bonds. The van der Waals surface area contributed by atoms with E-state index in [9.17, 15) is 0 Å². The second-order valence-electron chi connectivity index (χ2n) is 5.35. The molecule has 2 fully saturated rings. The van der Waals surface area contributed by atoms with Gasteiger partial charge in [0.2, 0.25) is 0 Å². The summed E-state index contributed by atoms with van der Waals surface area (Å²) in [6.07, 6.45) is 7.13. The number of rotatable bonds is 5. The van der Waals surface area contributed by atoms with Crippen LogP contribution in [0.15, 0.2) is 0 Å². The van der Waals surface area contributed by atoms with Gasteiger partial charge in [0.1, 0.15) is 0 Å². The summed E-state index contributed by atoms with van der Waals surface area (Å²) < 4.78 is 0. The van der Waals surface area contributed by atoms with E-state index in [2.05, 4.69) is 11.9 Å². The smallest absolute Gasteiger partial charge is 0.000985 e. The van der Waals surface area contributed by atoms with Gasteiger partial charge in [-0.2, -0.15) is 0 Å². The van der Waals surface area contributed by atoms with E-state index in [4.69, 9.17) is 5.73 Å². The monoisotopic (exact) mass is 196 g/mol. The molecule has 82 valence electrons. The third-order valence-corrected chi connectivity index (χ3v) is 3.93. The number of nitrogens with two attached hydrogens (primary N) is 1. The van der Waals surface area contributed by atoms with Crippen LogP contribution in [0.3, 0.4) is 0 Å². The van der Waals surface area contributed by atoms with Crippen LogP contribution in [-0.2, 0) is 0 Å². The zero-order valence-electron chi connectivity index (χ0n) is 9.41. The molecule has 2 unspecified atom stereocenters. The van der Waals surface area contributed by atoms with Crippen LogP contribution in [0.1, 0.15) is 32.1 Å². The van der Waals surface area contributed by atoms with Gasteiger partial charge in [-0.3, -0.25) is 0 Å². The first-order valence-corrected chi connectivity index (χ1v) is 6.18. The molecule has 2 rings (SSSR count). The Kier molecular flexibility index (Phi) is 3.45.